The lowest BCUT2D eigenvalue weighted by Gasteiger charge is -2.19. The molecule has 1 atom stereocenters. The third kappa shape index (κ3) is 4.80. The molecule has 0 spiro atoms. The fourth-order valence-corrected chi connectivity index (χ4v) is 3.00. The molecule has 0 radical (unpaired) electrons. The SMILES string of the molecule is Cc1ccc(C(C)NC(=S)Nc2ccc(C(C)C)cc2)c(C)c1. The van der Waals surface area contributed by atoms with Gasteiger partial charge in [0.15, 0.2) is 5.11 Å². The highest BCUT2D eigenvalue weighted by atomic mass is 32.1. The zero-order valence-electron chi connectivity index (χ0n) is 14.6. The average molecular weight is 327 g/mol. The van der Waals surface area contributed by atoms with Crippen molar-refractivity contribution < 1.29 is 0 Å². The van der Waals surface area contributed by atoms with Gasteiger partial charge in [-0.1, -0.05) is 49.7 Å². The third-order valence-electron chi connectivity index (χ3n) is 4.07. The number of thiocarbonyl (C=S) groups is 1. The molecule has 0 saturated carbocycles. The smallest absolute Gasteiger partial charge is 0.171 e. The van der Waals surface area contributed by atoms with Crippen LogP contribution in [0.25, 0.3) is 0 Å². The molecule has 0 bridgehead atoms. The van der Waals surface area contributed by atoms with E-state index in [1.165, 1.54) is 22.3 Å². The lowest BCUT2D eigenvalue weighted by Crippen LogP contribution is -2.31. The van der Waals surface area contributed by atoms with E-state index >= 15 is 0 Å². The lowest BCUT2D eigenvalue weighted by molar-refractivity contribution is 0.717. The molecular weight excluding hydrogens is 300 g/mol. The molecule has 3 heteroatoms. The maximum absolute atomic E-state index is 5.44. The number of nitrogens with one attached hydrogen (secondary N) is 2. The van der Waals surface area contributed by atoms with Crippen LogP contribution in [0.4, 0.5) is 5.69 Å². The monoisotopic (exact) mass is 326 g/mol. The van der Waals surface area contributed by atoms with Gasteiger partial charge < -0.3 is 10.6 Å². The predicted octanol–water partition coefficient (Wildman–Crippen LogP) is 5.47. The standard InChI is InChI=1S/C20H26N2S/c1-13(2)17-7-9-18(10-8-17)22-20(23)21-16(5)19-11-6-14(3)12-15(19)4/h6-13,16H,1-5H3,(H2,21,22,23). The minimum absolute atomic E-state index is 0.172. The summed E-state index contributed by atoms with van der Waals surface area (Å²) in [6.45, 7) is 10.8. The number of aryl methyl sites for hydroxylation is 2. The lowest BCUT2D eigenvalue weighted by atomic mass is 10.0. The van der Waals surface area contributed by atoms with Gasteiger partial charge in [0.2, 0.25) is 0 Å². The summed E-state index contributed by atoms with van der Waals surface area (Å²) < 4.78 is 0. The topological polar surface area (TPSA) is 24.1 Å². The normalized spacial score (nSPS) is 12.1. The molecule has 2 rings (SSSR count). The Balaban J connectivity index is 1.98. The Morgan fingerprint density at radius 1 is 0.957 bits per heavy atom. The molecule has 0 heterocycles. The van der Waals surface area contributed by atoms with Gasteiger partial charge in [-0.2, -0.15) is 0 Å². The van der Waals surface area contributed by atoms with Gasteiger partial charge in [0.25, 0.3) is 0 Å². The van der Waals surface area contributed by atoms with E-state index in [1.54, 1.807) is 0 Å². The minimum atomic E-state index is 0.172. The van der Waals surface area contributed by atoms with Crippen LogP contribution in [0.5, 0.6) is 0 Å². The van der Waals surface area contributed by atoms with Gasteiger partial charge in [0.05, 0.1) is 6.04 Å². The summed E-state index contributed by atoms with van der Waals surface area (Å²) in [4.78, 5) is 0. The number of rotatable bonds is 4. The Bertz CT molecular complexity index is 675. The molecule has 2 N–H and O–H groups in total. The van der Waals surface area contributed by atoms with Gasteiger partial charge in [-0.3, -0.25) is 0 Å². The van der Waals surface area contributed by atoms with Crippen molar-refractivity contribution in [1.29, 1.82) is 0 Å². The first kappa shape index (κ1) is 17.5. The van der Waals surface area contributed by atoms with Gasteiger partial charge in [-0.05, 0) is 67.7 Å². The average Bonchev–Trinajstić information content (AvgIpc) is 2.47. The highest BCUT2D eigenvalue weighted by Crippen LogP contribution is 2.20. The molecule has 0 aliphatic heterocycles. The molecule has 2 aromatic carbocycles. The Kier molecular flexibility index (Phi) is 5.78. The molecule has 0 fully saturated rings. The molecule has 122 valence electrons. The second-order valence-corrected chi connectivity index (χ2v) is 6.87. The van der Waals surface area contributed by atoms with E-state index < -0.39 is 0 Å². The largest absolute Gasteiger partial charge is 0.356 e. The molecule has 1 unspecified atom stereocenters. The zero-order chi connectivity index (χ0) is 17.0. The molecule has 2 aromatic rings. The number of hydrogen-bond acceptors (Lipinski definition) is 1. The van der Waals surface area contributed by atoms with Crippen molar-refractivity contribution in [1.82, 2.24) is 5.32 Å². The van der Waals surface area contributed by atoms with Crippen molar-refractivity contribution in [3.63, 3.8) is 0 Å². The highest BCUT2D eigenvalue weighted by molar-refractivity contribution is 7.80. The van der Waals surface area contributed by atoms with Gasteiger partial charge in [0, 0.05) is 5.69 Å². The van der Waals surface area contributed by atoms with Crippen LogP contribution >= 0.6 is 12.2 Å². The van der Waals surface area contributed by atoms with E-state index in [0.717, 1.165) is 5.69 Å². The van der Waals surface area contributed by atoms with Crippen LogP contribution in [-0.4, -0.2) is 5.11 Å². The van der Waals surface area contributed by atoms with Crippen LogP contribution in [0, 0.1) is 13.8 Å². The molecule has 0 amide bonds. The van der Waals surface area contributed by atoms with Crippen molar-refractivity contribution in [3.05, 3.63) is 64.7 Å². The Morgan fingerprint density at radius 2 is 1.61 bits per heavy atom. The summed E-state index contributed by atoms with van der Waals surface area (Å²) in [7, 11) is 0. The summed E-state index contributed by atoms with van der Waals surface area (Å²) in [5.74, 6) is 0.540. The van der Waals surface area contributed by atoms with Crippen molar-refractivity contribution >= 4 is 23.0 Å². The number of benzene rings is 2. The van der Waals surface area contributed by atoms with Crippen molar-refractivity contribution in [2.24, 2.45) is 0 Å². The van der Waals surface area contributed by atoms with Crippen LogP contribution in [0.1, 0.15) is 55.0 Å². The second kappa shape index (κ2) is 7.60. The molecule has 23 heavy (non-hydrogen) atoms. The van der Waals surface area contributed by atoms with E-state index in [-0.39, 0.29) is 6.04 Å². The number of anilines is 1. The first-order chi connectivity index (χ1) is 10.9. The van der Waals surface area contributed by atoms with E-state index in [0.29, 0.717) is 11.0 Å². The number of hydrogen-bond donors (Lipinski definition) is 2. The van der Waals surface area contributed by atoms with Crippen LogP contribution in [-0.2, 0) is 0 Å². The van der Waals surface area contributed by atoms with E-state index in [1.807, 2.05) is 0 Å². The maximum atomic E-state index is 5.44. The predicted molar refractivity (Wildman–Crippen MR) is 104 cm³/mol. The van der Waals surface area contributed by atoms with Gasteiger partial charge in [-0.15, -0.1) is 0 Å². The Morgan fingerprint density at radius 3 is 2.17 bits per heavy atom. The van der Waals surface area contributed by atoms with E-state index in [4.69, 9.17) is 12.2 Å². The summed E-state index contributed by atoms with van der Waals surface area (Å²) in [6.07, 6.45) is 0. The van der Waals surface area contributed by atoms with Crippen LogP contribution in [0.3, 0.4) is 0 Å². The van der Waals surface area contributed by atoms with E-state index in [9.17, 15) is 0 Å². The maximum Gasteiger partial charge on any atom is 0.171 e. The van der Waals surface area contributed by atoms with E-state index in [2.05, 4.69) is 87.7 Å². The Labute approximate surface area is 145 Å². The third-order valence-corrected chi connectivity index (χ3v) is 4.29. The van der Waals surface area contributed by atoms with Gasteiger partial charge >= 0.3 is 0 Å². The molecular formula is C20H26N2S. The summed E-state index contributed by atoms with van der Waals surface area (Å²) in [5, 5.41) is 7.27. The first-order valence-electron chi connectivity index (χ1n) is 8.11. The minimum Gasteiger partial charge on any atom is -0.356 e. The van der Waals surface area contributed by atoms with Gasteiger partial charge in [-0.25, -0.2) is 0 Å². The zero-order valence-corrected chi connectivity index (χ0v) is 15.4. The van der Waals surface area contributed by atoms with Crippen molar-refractivity contribution in [2.75, 3.05) is 5.32 Å². The fraction of sp³-hybridized carbons (Fsp3) is 0.350. The molecule has 2 nitrogen and oxygen atoms in total. The summed E-state index contributed by atoms with van der Waals surface area (Å²) in [5.41, 5.74) is 6.19. The van der Waals surface area contributed by atoms with Gasteiger partial charge in [0.1, 0.15) is 0 Å². The van der Waals surface area contributed by atoms with Crippen LogP contribution in [0.15, 0.2) is 42.5 Å². The first-order valence-corrected chi connectivity index (χ1v) is 8.52. The summed E-state index contributed by atoms with van der Waals surface area (Å²) in [6, 6.07) is 15.1. The summed E-state index contributed by atoms with van der Waals surface area (Å²) >= 11 is 5.44. The highest BCUT2D eigenvalue weighted by Gasteiger charge is 2.10. The van der Waals surface area contributed by atoms with Crippen LogP contribution < -0.4 is 10.6 Å². The van der Waals surface area contributed by atoms with Crippen molar-refractivity contribution in [2.45, 2.75) is 46.6 Å². The molecule has 0 aliphatic carbocycles. The molecule has 0 saturated heterocycles. The van der Waals surface area contributed by atoms with Crippen LogP contribution in [0.2, 0.25) is 0 Å². The fourth-order valence-electron chi connectivity index (χ4n) is 2.70. The molecule has 0 aromatic heterocycles. The molecule has 0 aliphatic rings. The second-order valence-electron chi connectivity index (χ2n) is 6.46. The quantitative estimate of drug-likeness (QED) is 0.728. The van der Waals surface area contributed by atoms with Crippen molar-refractivity contribution in [3.8, 4) is 0 Å². The Hall–Kier alpha value is -1.87.